The third-order valence-electron chi connectivity index (χ3n) is 4.44. The molecule has 0 unspecified atom stereocenters. The van der Waals surface area contributed by atoms with E-state index in [2.05, 4.69) is 21.9 Å². The molecule has 0 aliphatic carbocycles. The summed E-state index contributed by atoms with van der Waals surface area (Å²) in [4.78, 5) is 35.3. The molecule has 3 rings (SSSR count). The average Bonchev–Trinajstić information content (AvgIpc) is 2.97. The summed E-state index contributed by atoms with van der Waals surface area (Å²) in [5, 5.41) is 0. The van der Waals surface area contributed by atoms with Gasteiger partial charge in [-0.05, 0) is 12.8 Å². The summed E-state index contributed by atoms with van der Waals surface area (Å²) in [6.45, 7) is 2.22. The van der Waals surface area contributed by atoms with Crippen molar-refractivity contribution in [2.75, 3.05) is 20.1 Å². The van der Waals surface area contributed by atoms with Gasteiger partial charge in [-0.1, -0.05) is 0 Å². The Kier molecular flexibility index (Phi) is 4.06. The van der Waals surface area contributed by atoms with E-state index in [1.165, 1.54) is 24.5 Å². The van der Waals surface area contributed by atoms with Crippen molar-refractivity contribution in [3.05, 3.63) is 27.2 Å². The topological polar surface area (TPSA) is 77.4 Å². The van der Waals surface area contributed by atoms with Gasteiger partial charge in [0, 0.05) is 40.7 Å². The standard InChI is InChI=1S/C15H22N6O2/c1-18-8-5-4-6-11(18)16-7-9-21-10-17-13-12(21)14(22)20(3)15(23)19(13)2/h10H,4-9H2,1-3H3. The maximum atomic E-state index is 12.3. The van der Waals surface area contributed by atoms with E-state index in [-0.39, 0.29) is 11.2 Å². The van der Waals surface area contributed by atoms with Crippen molar-refractivity contribution in [1.82, 2.24) is 23.6 Å². The van der Waals surface area contributed by atoms with Gasteiger partial charge < -0.3 is 9.47 Å². The van der Waals surface area contributed by atoms with Gasteiger partial charge in [0.2, 0.25) is 0 Å². The molecule has 0 spiro atoms. The van der Waals surface area contributed by atoms with Gasteiger partial charge in [-0.2, -0.15) is 0 Å². The predicted octanol–water partition coefficient (Wildman–Crippen LogP) is -0.0521. The van der Waals surface area contributed by atoms with Gasteiger partial charge >= 0.3 is 5.69 Å². The second-order valence-electron chi connectivity index (χ2n) is 5.99. The average molecular weight is 318 g/mol. The Morgan fingerprint density at radius 3 is 2.70 bits per heavy atom. The van der Waals surface area contributed by atoms with Crippen molar-refractivity contribution < 1.29 is 0 Å². The fourth-order valence-corrected chi connectivity index (χ4v) is 3.01. The normalized spacial score (nSPS) is 17.3. The Bertz CT molecular complexity index is 872. The molecule has 8 nitrogen and oxygen atoms in total. The molecule has 1 fully saturated rings. The van der Waals surface area contributed by atoms with Crippen LogP contribution in [-0.4, -0.2) is 49.6 Å². The van der Waals surface area contributed by atoms with Gasteiger partial charge in [0.05, 0.1) is 18.7 Å². The molecule has 0 amide bonds. The van der Waals surface area contributed by atoms with Crippen LogP contribution in [0, 0.1) is 0 Å². The van der Waals surface area contributed by atoms with Crippen LogP contribution in [0.1, 0.15) is 19.3 Å². The molecule has 0 atom stereocenters. The predicted molar refractivity (Wildman–Crippen MR) is 89.0 cm³/mol. The van der Waals surface area contributed by atoms with Crippen molar-refractivity contribution in [3.8, 4) is 0 Å². The number of amidine groups is 1. The van der Waals surface area contributed by atoms with Crippen LogP contribution in [0.4, 0.5) is 0 Å². The number of fused-ring (bicyclic) bond motifs is 1. The van der Waals surface area contributed by atoms with E-state index in [4.69, 9.17) is 0 Å². The molecule has 124 valence electrons. The largest absolute Gasteiger partial charge is 0.363 e. The van der Waals surface area contributed by atoms with Crippen molar-refractivity contribution in [1.29, 1.82) is 0 Å². The number of aryl methyl sites for hydroxylation is 1. The minimum absolute atomic E-state index is 0.317. The molecule has 0 N–H and O–H groups in total. The quantitative estimate of drug-likeness (QED) is 0.795. The van der Waals surface area contributed by atoms with E-state index in [0.717, 1.165) is 23.4 Å². The maximum Gasteiger partial charge on any atom is 0.332 e. The Balaban J connectivity index is 1.88. The van der Waals surface area contributed by atoms with Crippen molar-refractivity contribution in [3.63, 3.8) is 0 Å². The van der Waals surface area contributed by atoms with Gasteiger partial charge in [0.15, 0.2) is 11.2 Å². The highest BCUT2D eigenvalue weighted by Gasteiger charge is 2.14. The third kappa shape index (κ3) is 2.69. The molecular weight excluding hydrogens is 296 g/mol. The molecule has 1 aliphatic heterocycles. The first kappa shape index (κ1) is 15.5. The minimum Gasteiger partial charge on any atom is -0.363 e. The molecule has 0 saturated carbocycles. The van der Waals surface area contributed by atoms with Crippen LogP contribution in [-0.2, 0) is 20.6 Å². The highest BCUT2D eigenvalue weighted by molar-refractivity contribution is 5.82. The van der Waals surface area contributed by atoms with Crippen LogP contribution < -0.4 is 11.2 Å². The minimum atomic E-state index is -0.364. The number of likely N-dealkylation sites (tertiary alicyclic amines) is 1. The molecule has 2 aromatic rings. The van der Waals surface area contributed by atoms with Crippen LogP contribution in [0.25, 0.3) is 11.2 Å². The lowest BCUT2D eigenvalue weighted by atomic mass is 10.1. The number of aromatic nitrogens is 4. The molecule has 0 radical (unpaired) electrons. The summed E-state index contributed by atoms with van der Waals surface area (Å²) >= 11 is 0. The first-order valence-electron chi connectivity index (χ1n) is 7.86. The van der Waals surface area contributed by atoms with E-state index in [0.29, 0.717) is 24.3 Å². The number of piperidine rings is 1. The second kappa shape index (κ2) is 6.02. The molecule has 8 heteroatoms. The Labute approximate surface area is 133 Å². The van der Waals surface area contributed by atoms with Gasteiger partial charge in [-0.3, -0.25) is 18.9 Å². The zero-order chi connectivity index (χ0) is 16.6. The monoisotopic (exact) mass is 318 g/mol. The number of aliphatic imine (C=N–C) groups is 1. The van der Waals surface area contributed by atoms with Gasteiger partial charge in [-0.15, -0.1) is 0 Å². The van der Waals surface area contributed by atoms with Crippen LogP contribution in [0.2, 0.25) is 0 Å². The lowest BCUT2D eigenvalue weighted by Gasteiger charge is -2.26. The van der Waals surface area contributed by atoms with Crippen LogP contribution in [0.3, 0.4) is 0 Å². The van der Waals surface area contributed by atoms with Gasteiger partial charge in [0.1, 0.15) is 0 Å². The molecule has 2 aromatic heterocycles. The first-order chi connectivity index (χ1) is 11.0. The zero-order valence-corrected chi connectivity index (χ0v) is 13.8. The van der Waals surface area contributed by atoms with E-state index < -0.39 is 0 Å². The summed E-state index contributed by atoms with van der Waals surface area (Å²) in [7, 11) is 5.17. The fourth-order valence-electron chi connectivity index (χ4n) is 3.01. The number of hydrogen-bond donors (Lipinski definition) is 0. The molecule has 0 aromatic carbocycles. The van der Waals surface area contributed by atoms with Gasteiger partial charge in [0.25, 0.3) is 5.56 Å². The molecule has 23 heavy (non-hydrogen) atoms. The van der Waals surface area contributed by atoms with E-state index in [1.54, 1.807) is 17.9 Å². The molecule has 1 aliphatic rings. The van der Waals surface area contributed by atoms with Crippen LogP contribution in [0.15, 0.2) is 20.9 Å². The van der Waals surface area contributed by atoms with Crippen molar-refractivity contribution >= 4 is 17.0 Å². The smallest absolute Gasteiger partial charge is 0.332 e. The lowest BCUT2D eigenvalue weighted by Crippen LogP contribution is -2.37. The molecular formula is C15H22N6O2. The number of imidazole rings is 1. The van der Waals surface area contributed by atoms with Gasteiger partial charge in [-0.25, -0.2) is 9.78 Å². The highest BCUT2D eigenvalue weighted by Crippen LogP contribution is 2.10. The molecule has 0 bridgehead atoms. The fraction of sp³-hybridized carbons (Fsp3) is 0.600. The third-order valence-corrected chi connectivity index (χ3v) is 4.44. The lowest BCUT2D eigenvalue weighted by molar-refractivity contribution is 0.431. The van der Waals surface area contributed by atoms with Crippen molar-refractivity contribution in [2.24, 2.45) is 19.1 Å². The SMILES string of the molecule is CN1CCCCC1=NCCn1cnc2c1c(=O)n(C)c(=O)n2C. The summed E-state index contributed by atoms with van der Waals surface area (Å²) < 4.78 is 4.29. The Morgan fingerprint density at radius 1 is 1.17 bits per heavy atom. The summed E-state index contributed by atoms with van der Waals surface area (Å²) in [5.41, 5.74) is 0.187. The summed E-state index contributed by atoms with van der Waals surface area (Å²) in [6, 6.07) is 0. The zero-order valence-electron chi connectivity index (χ0n) is 13.8. The van der Waals surface area contributed by atoms with E-state index in [1.807, 2.05) is 0 Å². The molecule has 1 saturated heterocycles. The number of nitrogens with zero attached hydrogens (tertiary/aromatic N) is 6. The van der Waals surface area contributed by atoms with E-state index in [9.17, 15) is 9.59 Å². The summed E-state index contributed by atoms with van der Waals surface area (Å²) in [6.07, 6.45) is 5.01. The maximum absolute atomic E-state index is 12.3. The molecule has 3 heterocycles. The summed E-state index contributed by atoms with van der Waals surface area (Å²) in [5.74, 6) is 1.13. The second-order valence-corrected chi connectivity index (χ2v) is 5.99. The number of hydrogen-bond acceptors (Lipinski definition) is 4. The Hall–Kier alpha value is -2.38. The van der Waals surface area contributed by atoms with Crippen LogP contribution >= 0.6 is 0 Å². The first-order valence-corrected chi connectivity index (χ1v) is 7.86. The van der Waals surface area contributed by atoms with Crippen molar-refractivity contribution in [2.45, 2.75) is 25.8 Å². The number of rotatable bonds is 3. The van der Waals surface area contributed by atoms with E-state index >= 15 is 0 Å². The highest BCUT2D eigenvalue weighted by atomic mass is 16.2. The Morgan fingerprint density at radius 2 is 1.96 bits per heavy atom. The van der Waals surface area contributed by atoms with Crippen LogP contribution in [0.5, 0.6) is 0 Å².